The molecule has 0 aromatic heterocycles. The van der Waals surface area contributed by atoms with Crippen LogP contribution in [-0.2, 0) is 6.42 Å². The first-order valence-electron chi connectivity index (χ1n) is 6.27. The summed E-state index contributed by atoms with van der Waals surface area (Å²) in [5, 5.41) is 0.761. The van der Waals surface area contributed by atoms with Crippen molar-refractivity contribution in [2.75, 3.05) is 5.75 Å². The molecule has 1 atom stereocenters. The highest BCUT2D eigenvalue weighted by Gasteiger charge is 2.10. The van der Waals surface area contributed by atoms with Gasteiger partial charge in [-0.1, -0.05) is 35.9 Å². The normalized spacial score (nSPS) is 12.3. The van der Waals surface area contributed by atoms with E-state index in [4.69, 9.17) is 17.4 Å². The molecule has 2 nitrogen and oxygen atoms in total. The van der Waals surface area contributed by atoms with E-state index in [1.165, 1.54) is 10.5 Å². The fraction of sp³-hybridized carbons (Fsp3) is 0.200. The lowest BCUT2D eigenvalue weighted by Gasteiger charge is -2.16. The fourth-order valence-electron chi connectivity index (χ4n) is 1.87. The first-order chi connectivity index (χ1) is 9.69. The highest BCUT2D eigenvalue weighted by atomic mass is 79.9. The third-order valence-electron chi connectivity index (χ3n) is 2.88. The van der Waals surface area contributed by atoms with Crippen LogP contribution >= 0.6 is 39.3 Å². The molecule has 2 aromatic rings. The van der Waals surface area contributed by atoms with Crippen molar-refractivity contribution in [2.24, 2.45) is 5.84 Å². The largest absolute Gasteiger partial charge is 0.271 e. The minimum atomic E-state index is 0.200. The van der Waals surface area contributed by atoms with Crippen molar-refractivity contribution in [1.82, 2.24) is 5.43 Å². The number of benzene rings is 2. The van der Waals surface area contributed by atoms with Gasteiger partial charge in [-0.05, 0) is 52.2 Å². The summed E-state index contributed by atoms with van der Waals surface area (Å²) in [6, 6.07) is 16.3. The van der Waals surface area contributed by atoms with Crippen LogP contribution in [0.2, 0.25) is 5.02 Å². The molecule has 0 bridgehead atoms. The van der Waals surface area contributed by atoms with E-state index in [1.54, 1.807) is 11.8 Å². The molecular formula is C15H16BrClN2S. The van der Waals surface area contributed by atoms with E-state index in [2.05, 4.69) is 33.5 Å². The summed E-state index contributed by atoms with van der Waals surface area (Å²) >= 11 is 11.3. The molecule has 0 radical (unpaired) electrons. The lowest BCUT2D eigenvalue weighted by atomic mass is 10.1. The lowest BCUT2D eigenvalue weighted by molar-refractivity contribution is 0.575. The van der Waals surface area contributed by atoms with Crippen LogP contribution < -0.4 is 11.3 Å². The Kier molecular flexibility index (Phi) is 6.39. The maximum atomic E-state index is 6.00. The smallest absolute Gasteiger partial charge is 0.0408 e. The summed E-state index contributed by atoms with van der Waals surface area (Å²) in [4.78, 5) is 1.22. The first kappa shape index (κ1) is 15.9. The van der Waals surface area contributed by atoms with Gasteiger partial charge in [-0.15, -0.1) is 11.8 Å². The van der Waals surface area contributed by atoms with Gasteiger partial charge in [0.25, 0.3) is 0 Å². The maximum absolute atomic E-state index is 6.00. The molecule has 1 unspecified atom stereocenters. The van der Waals surface area contributed by atoms with Crippen LogP contribution in [-0.4, -0.2) is 11.8 Å². The average molecular weight is 372 g/mol. The van der Waals surface area contributed by atoms with Gasteiger partial charge in [-0.2, -0.15) is 0 Å². The van der Waals surface area contributed by atoms with Crippen molar-refractivity contribution in [3.05, 3.63) is 63.6 Å². The molecule has 20 heavy (non-hydrogen) atoms. The van der Waals surface area contributed by atoms with Gasteiger partial charge in [-0.3, -0.25) is 11.3 Å². The van der Waals surface area contributed by atoms with Crippen LogP contribution in [0.1, 0.15) is 5.56 Å². The zero-order valence-electron chi connectivity index (χ0n) is 10.9. The molecule has 0 fully saturated rings. The van der Waals surface area contributed by atoms with Crippen molar-refractivity contribution in [3.63, 3.8) is 0 Å². The Labute approximate surface area is 137 Å². The van der Waals surface area contributed by atoms with E-state index >= 15 is 0 Å². The number of thioether (sulfide) groups is 1. The monoisotopic (exact) mass is 370 g/mol. The summed E-state index contributed by atoms with van der Waals surface area (Å²) < 4.78 is 1.11. The summed E-state index contributed by atoms with van der Waals surface area (Å²) in [6.07, 6.45) is 0.856. The van der Waals surface area contributed by atoms with Crippen LogP contribution in [0, 0.1) is 0 Å². The van der Waals surface area contributed by atoms with Crippen molar-refractivity contribution in [3.8, 4) is 0 Å². The van der Waals surface area contributed by atoms with Crippen LogP contribution in [0.4, 0.5) is 0 Å². The maximum Gasteiger partial charge on any atom is 0.0408 e. The predicted molar refractivity (Wildman–Crippen MR) is 91.1 cm³/mol. The van der Waals surface area contributed by atoms with Gasteiger partial charge in [-0.25, -0.2) is 0 Å². The number of hydrogen-bond donors (Lipinski definition) is 2. The second-order valence-corrected chi connectivity index (χ2v) is 6.79. The van der Waals surface area contributed by atoms with Gasteiger partial charge in [0.1, 0.15) is 0 Å². The Balaban J connectivity index is 1.94. The fourth-order valence-corrected chi connectivity index (χ4v) is 3.68. The predicted octanol–water partition coefficient (Wildman–Crippen LogP) is 4.27. The number of hydrogen-bond acceptors (Lipinski definition) is 3. The molecule has 2 rings (SSSR count). The van der Waals surface area contributed by atoms with Crippen LogP contribution in [0.15, 0.2) is 57.9 Å². The molecule has 0 spiro atoms. The quantitative estimate of drug-likeness (QED) is 0.452. The van der Waals surface area contributed by atoms with Crippen molar-refractivity contribution in [1.29, 1.82) is 0 Å². The summed E-state index contributed by atoms with van der Waals surface area (Å²) in [5.74, 6) is 6.55. The van der Waals surface area contributed by atoms with Gasteiger partial charge in [0.15, 0.2) is 0 Å². The zero-order chi connectivity index (χ0) is 14.4. The number of hydrazine groups is 1. The zero-order valence-corrected chi connectivity index (χ0v) is 14.0. The molecule has 2 aromatic carbocycles. The number of rotatable bonds is 6. The lowest BCUT2D eigenvalue weighted by Crippen LogP contribution is -2.38. The Morgan fingerprint density at radius 3 is 2.70 bits per heavy atom. The minimum Gasteiger partial charge on any atom is -0.271 e. The topological polar surface area (TPSA) is 38.0 Å². The molecule has 0 heterocycles. The molecule has 0 saturated heterocycles. The third-order valence-corrected chi connectivity index (χ3v) is 5.31. The standard InChI is InChI=1S/C15H16BrClN2S/c16-14-6-1-2-7-15(14)20-10-13(19-18)9-11-4-3-5-12(17)8-11/h1-8,13,19H,9-10,18H2. The van der Waals surface area contributed by atoms with Gasteiger partial charge in [0, 0.05) is 26.2 Å². The van der Waals surface area contributed by atoms with E-state index in [-0.39, 0.29) is 6.04 Å². The van der Waals surface area contributed by atoms with E-state index in [0.717, 1.165) is 21.7 Å². The summed E-state index contributed by atoms with van der Waals surface area (Å²) in [6.45, 7) is 0. The average Bonchev–Trinajstić information content (AvgIpc) is 2.45. The number of halogens is 2. The molecule has 0 aliphatic carbocycles. The van der Waals surface area contributed by atoms with Crippen LogP contribution in [0.3, 0.4) is 0 Å². The van der Waals surface area contributed by atoms with Gasteiger partial charge in [0.05, 0.1) is 0 Å². The third kappa shape index (κ3) is 4.79. The SMILES string of the molecule is NNC(CSc1ccccc1Br)Cc1cccc(Cl)c1. The van der Waals surface area contributed by atoms with Gasteiger partial charge < -0.3 is 0 Å². The van der Waals surface area contributed by atoms with Gasteiger partial charge in [0.2, 0.25) is 0 Å². The van der Waals surface area contributed by atoms with Crippen molar-refractivity contribution < 1.29 is 0 Å². The Morgan fingerprint density at radius 1 is 1.20 bits per heavy atom. The number of nitrogens with two attached hydrogens (primary N) is 1. The van der Waals surface area contributed by atoms with Crippen molar-refractivity contribution >= 4 is 39.3 Å². The summed E-state index contributed by atoms with van der Waals surface area (Å²) in [5.41, 5.74) is 4.07. The van der Waals surface area contributed by atoms with E-state index in [1.807, 2.05) is 36.4 Å². The van der Waals surface area contributed by atoms with Crippen LogP contribution in [0.5, 0.6) is 0 Å². The number of nitrogens with one attached hydrogen (secondary N) is 1. The molecule has 3 N–H and O–H groups in total. The van der Waals surface area contributed by atoms with Crippen LogP contribution in [0.25, 0.3) is 0 Å². The summed E-state index contributed by atoms with van der Waals surface area (Å²) in [7, 11) is 0. The van der Waals surface area contributed by atoms with E-state index in [0.29, 0.717) is 0 Å². The van der Waals surface area contributed by atoms with E-state index < -0.39 is 0 Å². The Morgan fingerprint density at radius 2 is 2.00 bits per heavy atom. The molecule has 0 aliphatic heterocycles. The van der Waals surface area contributed by atoms with E-state index in [9.17, 15) is 0 Å². The Bertz CT molecular complexity index is 565. The second kappa shape index (κ2) is 8.05. The first-order valence-corrected chi connectivity index (χ1v) is 8.42. The molecule has 5 heteroatoms. The molecular weight excluding hydrogens is 356 g/mol. The van der Waals surface area contributed by atoms with Gasteiger partial charge >= 0.3 is 0 Å². The Hall–Kier alpha value is -0.520. The second-order valence-electron chi connectivity index (χ2n) is 4.44. The molecule has 0 aliphatic rings. The highest BCUT2D eigenvalue weighted by molar-refractivity contribution is 9.10. The molecule has 0 amide bonds. The highest BCUT2D eigenvalue weighted by Crippen LogP contribution is 2.27. The molecule has 0 saturated carbocycles. The molecule has 106 valence electrons. The van der Waals surface area contributed by atoms with Crippen molar-refractivity contribution in [2.45, 2.75) is 17.4 Å². The minimum absolute atomic E-state index is 0.200.